The molecule has 0 aromatic carbocycles. The molecule has 0 bridgehead atoms. The van der Waals surface area contributed by atoms with Crippen molar-refractivity contribution < 1.29 is 84.3 Å². The molecule has 0 spiro atoms. The molecule has 0 aliphatic carbocycles. The summed E-state index contributed by atoms with van der Waals surface area (Å²) in [5.74, 6) is 0. The number of halogens is 5. The van der Waals surface area contributed by atoms with Crippen LogP contribution < -0.4 is 30.8 Å². The van der Waals surface area contributed by atoms with Gasteiger partial charge in [-0.25, -0.2) is 0 Å². The van der Waals surface area contributed by atoms with Crippen LogP contribution in [0.3, 0.4) is 0 Å². The smallest absolute Gasteiger partial charge is 0.344 e. The molecule has 20 N–H and O–H groups in total. The summed E-state index contributed by atoms with van der Waals surface area (Å²) >= 11 is 0. The lowest BCUT2D eigenvalue weighted by Crippen LogP contribution is -1.80. The predicted octanol–water partition coefficient (Wildman–Crippen LogP) is -0.396. The minimum absolute atomic E-state index is 0. The van der Waals surface area contributed by atoms with Crippen LogP contribution in [-0.2, 0) is 52.5 Å². The fourth-order valence-electron chi connectivity index (χ4n) is 0. The SMILES string of the molecule is N.N.N.N.N.O=S(=O)(O)F.O=S(=O)(O)F.O=S(=O)(O)F.O=S(=O)(O)F.O=S(=O)(O)F. The van der Waals surface area contributed by atoms with Gasteiger partial charge in [-0.1, -0.05) is 19.4 Å². The zero-order valence-corrected chi connectivity index (χ0v) is 17.9. The van der Waals surface area contributed by atoms with E-state index in [0.29, 0.717) is 0 Å². The van der Waals surface area contributed by atoms with Gasteiger partial charge in [0.15, 0.2) is 0 Å². The van der Waals surface area contributed by atoms with Crippen LogP contribution in [0, 0.1) is 0 Å². The van der Waals surface area contributed by atoms with Gasteiger partial charge < -0.3 is 30.8 Å². The van der Waals surface area contributed by atoms with Gasteiger partial charge in [0.2, 0.25) is 0 Å². The summed E-state index contributed by atoms with van der Waals surface area (Å²) in [5, 5.41) is 0. The van der Waals surface area contributed by atoms with E-state index in [0.717, 1.165) is 0 Å². The molecule has 0 atom stereocenters. The minimum atomic E-state index is -5.17. The van der Waals surface area contributed by atoms with Crippen LogP contribution in [0.2, 0.25) is 0 Å². The van der Waals surface area contributed by atoms with Gasteiger partial charge in [-0.2, -0.15) is 42.1 Å². The highest BCUT2D eigenvalue weighted by Gasteiger charge is 1.91. The zero-order valence-electron chi connectivity index (χ0n) is 13.8. The van der Waals surface area contributed by atoms with Gasteiger partial charge in [0.1, 0.15) is 0 Å². The highest BCUT2D eigenvalue weighted by Crippen LogP contribution is 1.75. The van der Waals surface area contributed by atoms with Crippen molar-refractivity contribution in [2.45, 2.75) is 0 Å². The maximum Gasteiger partial charge on any atom is 0.435 e. The second kappa shape index (κ2) is 24.3. The molecular weight excluding hydrogens is 565 g/mol. The Kier molecular flexibility index (Phi) is 51.0. The Morgan fingerprint density at radius 3 is 0.300 bits per heavy atom. The van der Waals surface area contributed by atoms with Gasteiger partial charge in [0.05, 0.1) is 0 Å². The molecule has 0 radical (unpaired) electrons. The normalized spacial score (nSPS) is 9.67. The van der Waals surface area contributed by atoms with Gasteiger partial charge in [-0.05, 0) is 0 Å². The summed E-state index contributed by atoms with van der Waals surface area (Å²) in [6.45, 7) is 0. The van der Waals surface area contributed by atoms with Crippen molar-refractivity contribution in [1.29, 1.82) is 0 Å². The molecule has 0 saturated carbocycles. The van der Waals surface area contributed by atoms with Crippen LogP contribution in [-0.4, -0.2) is 64.9 Å². The molecule has 0 rings (SSSR count). The maximum atomic E-state index is 10.2. The largest absolute Gasteiger partial charge is 0.435 e. The Hall–Kier alpha value is -1.00. The van der Waals surface area contributed by atoms with E-state index in [1.165, 1.54) is 0 Å². The molecule has 200 valence electrons. The van der Waals surface area contributed by atoms with E-state index in [1.54, 1.807) is 0 Å². The van der Waals surface area contributed by atoms with Gasteiger partial charge >= 0.3 is 52.5 Å². The molecule has 0 aromatic heterocycles. The third-order valence-corrected chi connectivity index (χ3v) is 0. The van der Waals surface area contributed by atoms with E-state index in [1.807, 2.05) is 0 Å². The Morgan fingerprint density at radius 1 is 0.300 bits per heavy atom. The number of hydrogen-bond donors (Lipinski definition) is 10. The second-order valence-corrected chi connectivity index (χ2v) is 6.18. The molecule has 30 heteroatoms. The third-order valence-electron chi connectivity index (χ3n) is 0. The van der Waals surface area contributed by atoms with E-state index in [4.69, 9.17) is 64.9 Å². The van der Waals surface area contributed by atoms with Crippen LogP contribution in [0.25, 0.3) is 0 Å². The summed E-state index contributed by atoms with van der Waals surface area (Å²) in [6, 6.07) is 0. The zero-order chi connectivity index (χ0) is 22.5. The lowest BCUT2D eigenvalue weighted by atomic mass is 14.0. The molecule has 0 aliphatic heterocycles. The molecule has 0 unspecified atom stereocenters. The number of hydrogen-bond acceptors (Lipinski definition) is 15. The lowest BCUT2D eigenvalue weighted by molar-refractivity contribution is 0.432. The Balaban J connectivity index is -0.0000000200. The first-order valence-electron chi connectivity index (χ1n) is 3.35. The lowest BCUT2D eigenvalue weighted by Gasteiger charge is -1.63. The topological polar surface area (TPSA) is 447 Å². The standard InChI is InChI=1S/5FHO3S.5H3N/c5*1-5(2,3)4;;;;;/h5*(H,2,3,4);5*1H3. The van der Waals surface area contributed by atoms with Crippen molar-refractivity contribution in [1.82, 2.24) is 30.8 Å². The molecular formula is H20F5N5O15S5. The van der Waals surface area contributed by atoms with Crippen LogP contribution in [0.1, 0.15) is 0 Å². The monoisotopic (exact) mass is 585 g/mol. The summed E-state index contributed by atoms with van der Waals surface area (Å²) in [6.07, 6.45) is 0. The molecule has 0 heterocycles. The van der Waals surface area contributed by atoms with Crippen molar-refractivity contribution in [3.8, 4) is 0 Å². The fourth-order valence-corrected chi connectivity index (χ4v) is 0. The van der Waals surface area contributed by atoms with Gasteiger partial charge in [-0.3, -0.25) is 22.8 Å². The molecule has 0 fully saturated rings. The van der Waals surface area contributed by atoms with Crippen LogP contribution in [0.5, 0.6) is 0 Å². The average molecular weight is 586 g/mol. The first kappa shape index (κ1) is 63.0. The van der Waals surface area contributed by atoms with Crippen molar-refractivity contribution in [3.63, 3.8) is 0 Å². The highest BCUT2D eigenvalue weighted by molar-refractivity contribution is 7.81. The van der Waals surface area contributed by atoms with Crippen molar-refractivity contribution in [2.75, 3.05) is 0 Å². The van der Waals surface area contributed by atoms with Crippen LogP contribution in [0.15, 0.2) is 0 Å². The molecule has 20 nitrogen and oxygen atoms in total. The average Bonchev–Trinajstić information content (AvgIpc) is 1.79. The van der Waals surface area contributed by atoms with E-state index in [-0.39, 0.29) is 30.8 Å². The first-order valence-corrected chi connectivity index (χ1v) is 10.1. The summed E-state index contributed by atoms with van der Waals surface area (Å²) in [4.78, 5) is 0. The van der Waals surface area contributed by atoms with Gasteiger partial charge in [0.25, 0.3) is 0 Å². The van der Waals surface area contributed by atoms with E-state index < -0.39 is 52.5 Å². The first-order chi connectivity index (χ1) is 10.0. The molecule has 0 amide bonds. The van der Waals surface area contributed by atoms with Gasteiger partial charge in [-0.15, -0.1) is 0 Å². The summed E-state index contributed by atoms with van der Waals surface area (Å²) < 4.78 is 170. The van der Waals surface area contributed by atoms with Crippen molar-refractivity contribution in [3.05, 3.63) is 0 Å². The quantitative estimate of drug-likeness (QED) is 0.0981. The summed E-state index contributed by atoms with van der Waals surface area (Å²) in [7, 11) is -25.8. The summed E-state index contributed by atoms with van der Waals surface area (Å²) in [5.41, 5.74) is 0. The minimum Gasteiger partial charge on any atom is -0.344 e. The van der Waals surface area contributed by atoms with Crippen LogP contribution in [0.4, 0.5) is 19.4 Å². The molecule has 0 aromatic rings. The Labute approximate surface area is 168 Å². The maximum absolute atomic E-state index is 10.2. The fraction of sp³-hybridized carbons (Fsp3) is 0. The predicted molar refractivity (Wildman–Crippen MR) is 88.4 cm³/mol. The molecule has 30 heavy (non-hydrogen) atoms. The van der Waals surface area contributed by atoms with Crippen molar-refractivity contribution in [2.24, 2.45) is 0 Å². The molecule has 0 saturated heterocycles. The third kappa shape index (κ3) is 18300. The van der Waals surface area contributed by atoms with Gasteiger partial charge in [0, 0.05) is 0 Å². The van der Waals surface area contributed by atoms with E-state index >= 15 is 0 Å². The Morgan fingerprint density at radius 2 is 0.300 bits per heavy atom. The number of rotatable bonds is 0. The highest BCUT2D eigenvalue weighted by atomic mass is 32.3. The van der Waals surface area contributed by atoms with Crippen LogP contribution >= 0.6 is 0 Å². The Bertz CT molecular complexity index is 644. The van der Waals surface area contributed by atoms with E-state index in [2.05, 4.69) is 0 Å². The second-order valence-electron chi connectivity index (χ2n) is 2.06. The van der Waals surface area contributed by atoms with Crippen molar-refractivity contribution >= 4 is 52.5 Å². The van der Waals surface area contributed by atoms with E-state index in [9.17, 15) is 19.4 Å². The molecule has 0 aliphatic rings.